The Morgan fingerprint density at radius 2 is 2.31 bits per heavy atom. The van der Waals surface area contributed by atoms with Gasteiger partial charge in [-0.05, 0) is 26.2 Å². The Bertz CT molecular complexity index is 245. The maximum absolute atomic E-state index is 11.5. The van der Waals surface area contributed by atoms with E-state index in [9.17, 15) is 9.90 Å². The second kappa shape index (κ2) is 3.43. The standard InChI is InChI=1S/C10H15ClO2/c1-6(2)7-4-8(11)10(3,13)9(12)5-7/h7-8,13H,1,4-5H2,2-3H3/t7-,8+,10-/m0/s1. The van der Waals surface area contributed by atoms with Gasteiger partial charge in [-0.2, -0.15) is 0 Å². The van der Waals surface area contributed by atoms with Gasteiger partial charge >= 0.3 is 0 Å². The lowest BCUT2D eigenvalue weighted by molar-refractivity contribution is -0.139. The van der Waals surface area contributed by atoms with Gasteiger partial charge in [0.2, 0.25) is 0 Å². The van der Waals surface area contributed by atoms with Gasteiger partial charge in [0.25, 0.3) is 0 Å². The van der Waals surface area contributed by atoms with Crippen LogP contribution in [0.1, 0.15) is 26.7 Å². The van der Waals surface area contributed by atoms with E-state index in [0.29, 0.717) is 12.8 Å². The van der Waals surface area contributed by atoms with Gasteiger partial charge in [-0.25, -0.2) is 0 Å². The lowest BCUT2D eigenvalue weighted by Gasteiger charge is -2.36. The predicted octanol–water partition coefficient (Wildman–Crippen LogP) is 1.90. The molecule has 1 saturated carbocycles. The van der Waals surface area contributed by atoms with Crippen molar-refractivity contribution >= 4 is 17.4 Å². The van der Waals surface area contributed by atoms with Crippen LogP contribution in [0.2, 0.25) is 0 Å². The highest BCUT2D eigenvalue weighted by atomic mass is 35.5. The van der Waals surface area contributed by atoms with Crippen molar-refractivity contribution in [2.75, 3.05) is 0 Å². The van der Waals surface area contributed by atoms with Gasteiger partial charge in [0.05, 0.1) is 5.38 Å². The maximum atomic E-state index is 11.5. The lowest BCUT2D eigenvalue weighted by atomic mass is 9.76. The molecule has 0 unspecified atom stereocenters. The van der Waals surface area contributed by atoms with E-state index in [1.54, 1.807) is 0 Å². The van der Waals surface area contributed by atoms with E-state index in [4.69, 9.17) is 11.6 Å². The molecule has 0 aromatic rings. The summed E-state index contributed by atoms with van der Waals surface area (Å²) in [6, 6.07) is 0. The normalized spacial score (nSPS) is 40.5. The first-order valence-corrected chi connectivity index (χ1v) is 4.84. The molecule has 1 aliphatic rings. The molecule has 0 aliphatic heterocycles. The molecule has 1 N–H and O–H groups in total. The fourth-order valence-electron chi connectivity index (χ4n) is 1.54. The van der Waals surface area contributed by atoms with Crippen molar-refractivity contribution in [1.82, 2.24) is 0 Å². The second-order valence-electron chi connectivity index (χ2n) is 4.02. The minimum atomic E-state index is -1.35. The zero-order valence-electron chi connectivity index (χ0n) is 8.01. The van der Waals surface area contributed by atoms with Crippen LogP contribution >= 0.6 is 11.6 Å². The van der Waals surface area contributed by atoms with Crippen LogP contribution in [-0.4, -0.2) is 21.9 Å². The molecule has 3 atom stereocenters. The van der Waals surface area contributed by atoms with E-state index < -0.39 is 11.0 Å². The van der Waals surface area contributed by atoms with Crippen molar-refractivity contribution < 1.29 is 9.90 Å². The summed E-state index contributed by atoms with van der Waals surface area (Å²) in [4.78, 5) is 11.5. The zero-order chi connectivity index (χ0) is 10.2. The van der Waals surface area contributed by atoms with Crippen LogP contribution in [0, 0.1) is 5.92 Å². The molecule has 0 spiro atoms. The van der Waals surface area contributed by atoms with E-state index in [1.807, 2.05) is 6.92 Å². The summed E-state index contributed by atoms with van der Waals surface area (Å²) in [5.74, 6) is -0.0398. The van der Waals surface area contributed by atoms with Crippen LogP contribution in [0.5, 0.6) is 0 Å². The minimum absolute atomic E-state index is 0.134. The highest BCUT2D eigenvalue weighted by molar-refractivity contribution is 6.23. The number of alkyl halides is 1. The summed E-state index contributed by atoms with van der Waals surface area (Å²) in [5, 5.41) is 9.21. The molecule has 0 radical (unpaired) electrons. The second-order valence-corrected chi connectivity index (χ2v) is 4.55. The summed E-state index contributed by atoms with van der Waals surface area (Å²) in [7, 11) is 0. The van der Waals surface area contributed by atoms with Gasteiger partial charge in [0.1, 0.15) is 5.60 Å². The molecule has 74 valence electrons. The van der Waals surface area contributed by atoms with Gasteiger partial charge in [-0.3, -0.25) is 4.79 Å². The Morgan fingerprint density at radius 1 is 1.77 bits per heavy atom. The summed E-state index contributed by atoms with van der Waals surface area (Å²) in [6.45, 7) is 7.18. The Labute approximate surface area is 83.6 Å². The molecular formula is C10H15ClO2. The molecule has 1 fully saturated rings. The minimum Gasteiger partial charge on any atom is -0.381 e. The predicted molar refractivity (Wildman–Crippen MR) is 52.8 cm³/mol. The Balaban J connectivity index is 2.79. The molecule has 2 nitrogen and oxygen atoms in total. The molecule has 0 aromatic carbocycles. The molecular weight excluding hydrogens is 188 g/mol. The van der Waals surface area contributed by atoms with Gasteiger partial charge in [0.15, 0.2) is 5.78 Å². The van der Waals surface area contributed by atoms with Gasteiger partial charge < -0.3 is 5.11 Å². The molecule has 13 heavy (non-hydrogen) atoms. The fraction of sp³-hybridized carbons (Fsp3) is 0.700. The monoisotopic (exact) mass is 202 g/mol. The van der Waals surface area contributed by atoms with Crippen LogP contribution < -0.4 is 0 Å². The largest absolute Gasteiger partial charge is 0.381 e. The number of Topliss-reactive ketones (excluding diaryl/α,β-unsaturated/α-hetero) is 1. The first-order valence-electron chi connectivity index (χ1n) is 4.41. The van der Waals surface area contributed by atoms with E-state index in [2.05, 4.69) is 6.58 Å². The Morgan fingerprint density at radius 3 is 2.69 bits per heavy atom. The number of carbonyl (C=O) groups excluding carboxylic acids is 1. The molecule has 3 heteroatoms. The molecule has 0 amide bonds. The van der Waals surface area contributed by atoms with Gasteiger partial charge in [-0.15, -0.1) is 11.6 Å². The number of carbonyl (C=O) groups is 1. The van der Waals surface area contributed by atoms with Crippen LogP contribution in [0.15, 0.2) is 12.2 Å². The third kappa shape index (κ3) is 1.94. The first-order chi connectivity index (χ1) is 5.85. The highest BCUT2D eigenvalue weighted by Crippen LogP contribution is 2.35. The molecule has 1 rings (SSSR count). The summed E-state index contributed by atoms with van der Waals surface area (Å²) < 4.78 is 0. The summed E-state index contributed by atoms with van der Waals surface area (Å²) in [5.41, 5.74) is -0.387. The van der Waals surface area contributed by atoms with Crippen molar-refractivity contribution in [3.63, 3.8) is 0 Å². The molecule has 0 saturated heterocycles. The molecule has 0 heterocycles. The average Bonchev–Trinajstić information content (AvgIpc) is 2.00. The van der Waals surface area contributed by atoms with Crippen LogP contribution in [0.25, 0.3) is 0 Å². The third-order valence-electron chi connectivity index (χ3n) is 2.79. The third-order valence-corrected chi connectivity index (χ3v) is 3.40. The number of allylic oxidation sites excluding steroid dienone is 1. The lowest BCUT2D eigenvalue weighted by Crippen LogP contribution is -2.49. The number of ketones is 1. The van der Waals surface area contributed by atoms with E-state index >= 15 is 0 Å². The fourth-order valence-corrected chi connectivity index (χ4v) is 1.88. The Kier molecular flexibility index (Phi) is 2.83. The number of aliphatic hydroxyl groups is 1. The quantitative estimate of drug-likeness (QED) is 0.521. The van der Waals surface area contributed by atoms with E-state index in [-0.39, 0.29) is 11.7 Å². The SMILES string of the molecule is C=C(C)[C@@H]1CC(=O)[C@@](C)(O)[C@H](Cl)C1. The molecule has 1 aliphatic carbocycles. The number of hydrogen-bond acceptors (Lipinski definition) is 2. The zero-order valence-corrected chi connectivity index (χ0v) is 8.77. The van der Waals surface area contributed by atoms with Crippen LogP contribution in [-0.2, 0) is 4.79 Å². The van der Waals surface area contributed by atoms with E-state index in [0.717, 1.165) is 5.57 Å². The van der Waals surface area contributed by atoms with Crippen LogP contribution in [0.4, 0.5) is 0 Å². The molecule has 0 bridgehead atoms. The summed E-state index contributed by atoms with van der Waals surface area (Å²) >= 11 is 5.93. The number of hydrogen-bond donors (Lipinski definition) is 1. The van der Waals surface area contributed by atoms with Crippen molar-refractivity contribution in [3.8, 4) is 0 Å². The number of rotatable bonds is 1. The number of halogens is 1. The van der Waals surface area contributed by atoms with Crippen molar-refractivity contribution in [1.29, 1.82) is 0 Å². The molecule has 0 aromatic heterocycles. The van der Waals surface area contributed by atoms with Crippen molar-refractivity contribution in [2.24, 2.45) is 5.92 Å². The first kappa shape index (κ1) is 10.7. The topological polar surface area (TPSA) is 37.3 Å². The Hall–Kier alpha value is -0.340. The van der Waals surface area contributed by atoms with Crippen LogP contribution in [0.3, 0.4) is 0 Å². The van der Waals surface area contributed by atoms with Gasteiger partial charge in [0, 0.05) is 6.42 Å². The van der Waals surface area contributed by atoms with Crippen molar-refractivity contribution in [3.05, 3.63) is 12.2 Å². The smallest absolute Gasteiger partial charge is 0.166 e. The highest BCUT2D eigenvalue weighted by Gasteiger charge is 2.44. The average molecular weight is 203 g/mol. The van der Waals surface area contributed by atoms with Crippen molar-refractivity contribution in [2.45, 2.75) is 37.7 Å². The van der Waals surface area contributed by atoms with E-state index in [1.165, 1.54) is 6.92 Å². The van der Waals surface area contributed by atoms with Gasteiger partial charge in [-0.1, -0.05) is 12.2 Å². The maximum Gasteiger partial charge on any atom is 0.166 e. The summed E-state index contributed by atoms with van der Waals surface area (Å²) in [6.07, 6.45) is 1.00.